The molecule has 2 rings (SSSR count). The third kappa shape index (κ3) is 4.33. The summed E-state index contributed by atoms with van der Waals surface area (Å²) in [5.41, 5.74) is 4.77. The molecule has 0 bridgehead atoms. The summed E-state index contributed by atoms with van der Waals surface area (Å²) < 4.78 is 33.9. The van der Waals surface area contributed by atoms with Gasteiger partial charge >= 0.3 is 6.09 Å². The first-order valence-electron chi connectivity index (χ1n) is 6.46. The van der Waals surface area contributed by atoms with E-state index in [1.54, 1.807) is 12.1 Å². The van der Waals surface area contributed by atoms with E-state index in [-0.39, 0.29) is 23.4 Å². The third-order valence-corrected chi connectivity index (χ3v) is 5.22. The van der Waals surface area contributed by atoms with Gasteiger partial charge in [-0.05, 0) is 31.0 Å². The number of hydrogen-bond donors (Lipinski definition) is 2. The predicted molar refractivity (Wildman–Crippen MR) is 73.7 cm³/mol. The Labute approximate surface area is 122 Å². The highest BCUT2D eigenvalue weighted by molar-refractivity contribution is 7.92. The number of amides is 1. The van der Waals surface area contributed by atoms with Crippen molar-refractivity contribution in [2.75, 3.05) is 13.2 Å². The standard InChI is InChI=1S/C13H17NO6S/c14-13(16)20-8-9(15)7-19-10-2-1-3-12(6-10)21(17,18)11-4-5-11/h1-3,6,9,11,15H,4-5,7-8H2,(H2,14,16). The lowest BCUT2D eigenvalue weighted by molar-refractivity contribution is 0.0419. The zero-order chi connectivity index (χ0) is 15.5. The molecule has 0 heterocycles. The first-order chi connectivity index (χ1) is 9.89. The molecule has 1 aromatic rings. The fourth-order valence-corrected chi connectivity index (χ4v) is 3.42. The fraction of sp³-hybridized carbons (Fsp3) is 0.462. The highest BCUT2D eigenvalue weighted by atomic mass is 32.2. The number of nitrogens with two attached hydrogens (primary N) is 1. The number of aliphatic hydroxyl groups is 1. The van der Waals surface area contributed by atoms with E-state index in [1.807, 2.05) is 0 Å². The van der Waals surface area contributed by atoms with Crippen molar-refractivity contribution in [1.29, 1.82) is 0 Å². The molecule has 1 atom stereocenters. The van der Waals surface area contributed by atoms with Gasteiger partial charge in [-0.15, -0.1) is 0 Å². The number of primary amides is 1. The molecule has 1 fully saturated rings. The molecule has 0 aromatic heterocycles. The molecule has 116 valence electrons. The molecule has 3 N–H and O–H groups in total. The van der Waals surface area contributed by atoms with Crippen LogP contribution in [0.15, 0.2) is 29.2 Å². The van der Waals surface area contributed by atoms with Gasteiger partial charge < -0.3 is 20.3 Å². The van der Waals surface area contributed by atoms with Crippen LogP contribution in [-0.2, 0) is 14.6 Å². The minimum absolute atomic E-state index is 0.139. The maximum Gasteiger partial charge on any atom is 0.404 e. The van der Waals surface area contributed by atoms with Gasteiger partial charge in [0.15, 0.2) is 9.84 Å². The topological polar surface area (TPSA) is 116 Å². The van der Waals surface area contributed by atoms with E-state index < -0.39 is 22.0 Å². The second-order valence-corrected chi connectivity index (χ2v) is 7.04. The van der Waals surface area contributed by atoms with Gasteiger partial charge in [0.25, 0.3) is 0 Å². The van der Waals surface area contributed by atoms with Crippen molar-refractivity contribution in [3.05, 3.63) is 24.3 Å². The van der Waals surface area contributed by atoms with Crippen molar-refractivity contribution in [2.45, 2.75) is 29.1 Å². The summed E-state index contributed by atoms with van der Waals surface area (Å²) in [6.07, 6.45) is -0.638. The number of benzene rings is 1. The van der Waals surface area contributed by atoms with Gasteiger partial charge in [-0.2, -0.15) is 0 Å². The Kier molecular flexibility index (Phi) is 4.69. The lowest BCUT2D eigenvalue weighted by Crippen LogP contribution is -2.27. The summed E-state index contributed by atoms with van der Waals surface area (Å²) in [5, 5.41) is 9.22. The average Bonchev–Trinajstić information content (AvgIpc) is 3.28. The van der Waals surface area contributed by atoms with Gasteiger partial charge in [0, 0.05) is 0 Å². The van der Waals surface area contributed by atoms with Crippen LogP contribution in [0.1, 0.15) is 12.8 Å². The molecular weight excluding hydrogens is 298 g/mol. The van der Waals surface area contributed by atoms with Gasteiger partial charge in [-0.3, -0.25) is 0 Å². The van der Waals surface area contributed by atoms with Gasteiger partial charge in [0.2, 0.25) is 0 Å². The Bertz CT molecular complexity index is 611. The SMILES string of the molecule is NC(=O)OCC(O)COc1cccc(S(=O)(=O)C2CC2)c1. The van der Waals surface area contributed by atoms with E-state index in [2.05, 4.69) is 4.74 Å². The zero-order valence-corrected chi connectivity index (χ0v) is 12.1. The summed E-state index contributed by atoms with van der Waals surface area (Å²) in [5.74, 6) is 0.329. The Morgan fingerprint density at radius 2 is 2.10 bits per heavy atom. The minimum atomic E-state index is -3.28. The minimum Gasteiger partial charge on any atom is -0.491 e. The second kappa shape index (κ2) is 6.31. The van der Waals surface area contributed by atoms with E-state index in [9.17, 15) is 18.3 Å². The molecule has 7 nitrogen and oxygen atoms in total. The second-order valence-electron chi connectivity index (χ2n) is 4.81. The van der Waals surface area contributed by atoms with Gasteiger partial charge in [0.1, 0.15) is 25.1 Å². The van der Waals surface area contributed by atoms with Gasteiger partial charge in [-0.25, -0.2) is 13.2 Å². The van der Waals surface area contributed by atoms with E-state index in [1.165, 1.54) is 12.1 Å². The Morgan fingerprint density at radius 1 is 1.38 bits per heavy atom. The highest BCUT2D eigenvalue weighted by Gasteiger charge is 2.36. The van der Waals surface area contributed by atoms with Crippen molar-refractivity contribution in [3.8, 4) is 5.75 Å². The van der Waals surface area contributed by atoms with Crippen molar-refractivity contribution >= 4 is 15.9 Å². The normalized spacial score (nSPS) is 16.2. The number of carbonyl (C=O) groups excluding carboxylic acids is 1. The molecule has 1 amide bonds. The van der Waals surface area contributed by atoms with Crippen molar-refractivity contribution < 1.29 is 27.8 Å². The molecule has 1 aliphatic carbocycles. The van der Waals surface area contributed by atoms with Crippen LogP contribution < -0.4 is 10.5 Å². The molecule has 0 saturated heterocycles. The number of rotatable bonds is 7. The fourth-order valence-electron chi connectivity index (χ4n) is 1.73. The molecule has 1 saturated carbocycles. The maximum atomic E-state index is 12.1. The lowest BCUT2D eigenvalue weighted by atomic mass is 10.3. The summed E-state index contributed by atoms with van der Waals surface area (Å²) in [4.78, 5) is 10.6. The van der Waals surface area contributed by atoms with Crippen LogP contribution in [0.4, 0.5) is 4.79 Å². The first-order valence-corrected chi connectivity index (χ1v) is 8.01. The van der Waals surface area contributed by atoms with E-state index in [0.717, 1.165) is 0 Å². The van der Waals surface area contributed by atoms with Crippen LogP contribution in [0.3, 0.4) is 0 Å². The van der Waals surface area contributed by atoms with E-state index in [4.69, 9.17) is 10.5 Å². The van der Waals surface area contributed by atoms with Gasteiger partial charge in [0.05, 0.1) is 10.1 Å². The summed E-state index contributed by atoms with van der Waals surface area (Å²) in [6, 6.07) is 6.12. The highest BCUT2D eigenvalue weighted by Crippen LogP contribution is 2.34. The number of carbonyl (C=O) groups is 1. The number of ether oxygens (including phenoxy) is 2. The van der Waals surface area contributed by atoms with E-state index >= 15 is 0 Å². The molecule has 1 aromatic carbocycles. The Balaban J connectivity index is 1.94. The maximum absolute atomic E-state index is 12.1. The van der Waals surface area contributed by atoms with Crippen LogP contribution in [0, 0.1) is 0 Å². The molecule has 8 heteroatoms. The molecule has 1 unspecified atom stereocenters. The van der Waals surface area contributed by atoms with Crippen LogP contribution in [0.2, 0.25) is 0 Å². The first kappa shape index (κ1) is 15.6. The molecule has 1 aliphatic rings. The third-order valence-electron chi connectivity index (χ3n) is 2.96. The number of sulfone groups is 1. The zero-order valence-electron chi connectivity index (χ0n) is 11.3. The van der Waals surface area contributed by atoms with Crippen molar-refractivity contribution in [2.24, 2.45) is 5.73 Å². The monoisotopic (exact) mass is 315 g/mol. The summed E-state index contributed by atoms with van der Waals surface area (Å²) in [6.45, 7) is -0.421. The molecule has 0 aliphatic heterocycles. The lowest BCUT2D eigenvalue weighted by Gasteiger charge is -2.12. The van der Waals surface area contributed by atoms with Gasteiger partial charge in [-0.1, -0.05) is 6.07 Å². The summed E-state index contributed by atoms with van der Waals surface area (Å²) in [7, 11) is -3.28. The summed E-state index contributed by atoms with van der Waals surface area (Å²) >= 11 is 0. The van der Waals surface area contributed by atoms with E-state index in [0.29, 0.717) is 18.6 Å². The quantitative estimate of drug-likeness (QED) is 0.755. The van der Waals surface area contributed by atoms with Crippen LogP contribution in [0.5, 0.6) is 5.75 Å². The average molecular weight is 315 g/mol. The molecule has 0 radical (unpaired) electrons. The Hall–Kier alpha value is -1.80. The van der Waals surface area contributed by atoms with Crippen molar-refractivity contribution in [3.63, 3.8) is 0 Å². The number of aliphatic hydroxyl groups excluding tert-OH is 1. The molecule has 0 spiro atoms. The number of hydrogen-bond acceptors (Lipinski definition) is 6. The smallest absolute Gasteiger partial charge is 0.404 e. The van der Waals surface area contributed by atoms with Crippen LogP contribution in [-0.4, -0.2) is 44.2 Å². The van der Waals surface area contributed by atoms with Crippen LogP contribution >= 0.6 is 0 Å². The molecule has 21 heavy (non-hydrogen) atoms. The van der Waals surface area contributed by atoms with Crippen molar-refractivity contribution in [1.82, 2.24) is 0 Å². The van der Waals surface area contributed by atoms with Crippen LogP contribution in [0.25, 0.3) is 0 Å². The predicted octanol–water partition coefficient (Wildman–Crippen LogP) is 0.458. The molecular formula is C13H17NO6S. The largest absolute Gasteiger partial charge is 0.491 e. The Morgan fingerprint density at radius 3 is 2.71 bits per heavy atom.